The third kappa shape index (κ3) is 4.08. The standard InChI is InChI=1S/C17H21FN2O3/c1-4-11-5-6-13(14(18)7-11)17(2,3)20-16(22)15-8-19-12(9-21)10-23-15/h1,5-7,12,15,19,21H,8-10H2,2-3H3,(H,20,22)/t12-,15+/m1/s1. The second-order valence-electron chi connectivity index (χ2n) is 6.06. The summed E-state index contributed by atoms with van der Waals surface area (Å²) >= 11 is 0. The average Bonchev–Trinajstić information content (AvgIpc) is 2.54. The molecule has 1 aromatic rings. The maximum atomic E-state index is 14.2. The molecule has 6 heteroatoms. The van der Waals surface area contributed by atoms with Crippen molar-refractivity contribution in [2.75, 3.05) is 19.8 Å². The number of carbonyl (C=O) groups is 1. The number of rotatable bonds is 4. The fourth-order valence-electron chi connectivity index (χ4n) is 2.48. The van der Waals surface area contributed by atoms with Crippen molar-refractivity contribution < 1.29 is 19.0 Å². The van der Waals surface area contributed by atoms with Crippen LogP contribution in [0, 0.1) is 18.2 Å². The largest absolute Gasteiger partial charge is 0.395 e. The molecular weight excluding hydrogens is 299 g/mol. The summed E-state index contributed by atoms with van der Waals surface area (Å²) in [6.07, 6.45) is 4.58. The Bertz CT molecular complexity index is 617. The highest BCUT2D eigenvalue weighted by molar-refractivity contribution is 5.82. The number of aliphatic hydroxyl groups is 1. The van der Waals surface area contributed by atoms with Crippen LogP contribution in [0.3, 0.4) is 0 Å². The van der Waals surface area contributed by atoms with Gasteiger partial charge in [-0.25, -0.2) is 4.39 Å². The number of halogens is 1. The predicted molar refractivity (Wildman–Crippen MR) is 84.1 cm³/mol. The predicted octanol–water partition coefficient (Wildman–Crippen LogP) is 0.508. The minimum absolute atomic E-state index is 0.0490. The van der Waals surface area contributed by atoms with E-state index in [1.54, 1.807) is 26.0 Å². The summed E-state index contributed by atoms with van der Waals surface area (Å²) in [7, 11) is 0. The van der Waals surface area contributed by atoms with E-state index in [9.17, 15) is 9.18 Å². The molecule has 0 aliphatic carbocycles. The lowest BCUT2D eigenvalue weighted by Crippen LogP contribution is -2.56. The number of aliphatic hydroxyl groups excluding tert-OH is 1. The molecule has 0 unspecified atom stereocenters. The molecule has 1 amide bonds. The minimum atomic E-state index is -0.911. The van der Waals surface area contributed by atoms with Crippen LogP contribution in [0.2, 0.25) is 0 Å². The molecule has 0 radical (unpaired) electrons. The topological polar surface area (TPSA) is 70.6 Å². The Morgan fingerprint density at radius 3 is 2.87 bits per heavy atom. The Hall–Kier alpha value is -1.94. The van der Waals surface area contributed by atoms with Crippen LogP contribution in [0.5, 0.6) is 0 Å². The van der Waals surface area contributed by atoms with Gasteiger partial charge in [0.15, 0.2) is 0 Å². The van der Waals surface area contributed by atoms with Crippen LogP contribution in [0.1, 0.15) is 25.0 Å². The zero-order valence-corrected chi connectivity index (χ0v) is 13.2. The molecule has 23 heavy (non-hydrogen) atoms. The lowest BCUT2D eigenvalue weighted by molar-refractivity contribution is -0.137. The number of amides is 1. The van der Waals surface area contributed by atoms with Crippen LogP contribution in [-0.2, 0) is 15.1 Å². The summed E-state index contributed by atoms with van der Waals surface area (Å²) in [5, 5.41) is 14.8. The highest BCUT2D eigenvalue weighted by atomic mass is 19.1. The van der Waals surface area contributed by atoms with Gasteiger partial charge in [0.1, 0.15) is 11.9 Å². The molecule has 0 saturated carbocycles. The normalized spacial score (nSPS) is 21.5. The van der Waals surface area contributed by atoms with Crippen molar-refractivity contribution in [3.8, 4) is 12.3 Å². The Morgan fingerprint density at radius 1 is 1.61 bits per heavy atom. The van der Waals surface area contributed by atoms with Gasteiger partial charge in [0.25, 0.3) is 5.91 Å². The fraction of sp³-hybridized carbons (Fsp3) is 0.471. The molecule has 0 spiro atoms. The lowest BCUT2D eigenvalue weighted by Gasteiger charge is -2.33. The average molecular weight is 320 g/mol. The summed E-state index contributed by atoms with van der Waals surface area (Å²) in [5.74, 6) is 1.57. The van der Waals surface area contributed by atoms with E-state index in [0.29, 0.717) is 17.7 Å². The quantitative estimate of drug-likeness (QED) is 0.707. The van der Waals surface area contributed by atoms with Gasteiger partial charge in [-0.05, 0) is 26.0 Å². The molecule has 1 saturated heterocycles. The number of benzene rings is 1. The summed E-state index contributed by atoms with van der Waals surface area (Å²) in [6.45, 7) is 3.93. The number of ether oxygens (including phenoxy) is 1. The number of morpholine rings is 1. The van der Waals surface area contributed by atoms with Gasteiger partial charge in [-0.2, -0.15) is 0 Å². The van der Waals surface area contributed by atoms with E-state index in [2.05, 4.69) is 16.6 Å². The zero-order chi connectivity index (χ0) is 17.0. The molecule has 2 atom stereocenters. The van der Waals surface area contributed by atoms with Gasteiger partial charge in [-0.15, -0.1) is 6.42 Å². The van der Waals surface area contributed by atoms with E-state index in [1.165, 1.54) is 6.07 Å². The van der Waals surface area contributed by atoms with Gasteiger partial charge >= 0.3 is 0 Å². The maximum Gasteiger partial charge on any atom is 0.251 e. The minimum Gasteiger partial charge on any atom is -0.395 e. The van der Waals surface area contributed by atoms with Crippen LogP contribution in [0.4, 0.5) is 4.39 Å². The first-order valence-electron chi connectivity index (χ1n) is 7.42. The summed E-state index contributed by atoms with van der Waals surface area (Å²) in [4.78, 5) is 12.3. The number of terminal acetylenes is 1. The molecule has 3 N–H and O–H groups in total. The van der Waals surface area contributed by atoms with E-state index in [4.69, 9.17) is 16.3 Å². The van der Waals surface area contributed by atoms with Gasteiger partial charge in [0, 0.05) is 17.7 Å². The number of hydrogen-bond donors (Lipinski definition) is 3. The van der Waals surface area contributed by atoms with E-state index >= 15 is 0 Å². The third-order valence-corrected chi connectivity index (χ3v) is 3.85. The van der Waals surface area contributed by atoms with Crippen LogP contribution < -0.4 is 10.6 Å². The highest BCUT2D eigenvalue weighted by Crippen LogP contribution is 2.24. The first-order valence-corrected chi connectivity index (χ1v) is 7.42. The number of hydrogen-bond acceptors (Lipinski definition) is 4. The Balaban J connectivity index is 2.06. The van der Waals surface area contributed by atoms with Gasteiger partial charge < -0.3 is 20.5 Å². The van der Waals surface area contributed by atoms with Crippen molar-refractivity contribution >= 4 is 5.91 Å². The first kappa shape index (κ1) is 17.4. The van der Waals surface area contributed by atoms with Crippen molar-refractivity contribution in [1.29, 1.82) is 0 Å². The van der Waals surface area contributed by atoms with Crippen LogP contribution in [0.15, 0.2) is 18.2 Å². The molecule has 1 fully saturated rings. The number of carbonyl (C=O) groups excluding carboxylic acids is 1. The molecule has 5 nitrogen and oxygen atoms in total. The summed E-state index contributed by atoms with van der Waals surface area (Å²) < 4.78 is 19.6. The first-order chi connectivity index (χ1) is 10.9. The van der Waals surface area contributed by atoms with Crippen molar-refractivity contribution in [2.24, 2.45) is 0 Å². The van der Waals surface area contributed by atoms with Crippen LogP contribution in [-0.4, -0.2) is 42.9 Å². The molecule has 0 aromatic heterocycles. The smallest absolute Gasteiger partial charge is 0.251 e. The zero-order valence-electron chi connectivity index (χ0n) is 13.2. The second kappa shape index (κ2) is 7.09. The monoisotopic (exact) mass is 320 g/mol. The van der Waals surface area contributed by atoms with Gasteiger partial charge in [0.05, 0.1) is 24.8 Å². The molecule has 0 bridgehead atoms. The van der Waals surface area contributed by atoms with Gasteiger partial charge in [-0.1, -0.05) is 12.0 Å². The molecule has 1 aliphatic heterocycles. The highest BCUT2D eigenvalue weighted by Gasteiger charge is 2.32. The summed E-state index contributed by atoms with van der Waals surface area (Å²) in [6, 6.07) is 4.32. The molecular formula is C17H21FN2O3. The van der Waals surface area contributed by atoms with Gasteiger partial charge in [-0.3, -0.25) is 4.79 Å². The van der Waals surface area contributed by atoms with Crippen molar-refractivity contribution in [3.05, 3.63) is 35.1 Å². The van der Waals surface area contributed by atoms with E-state index < -0.39 is 17.5 Å². The van der Waals surface area contributed by atoms with Crippen molar-refractivity contribution in [3.63, 3.8) is 0 Å². The molecule has 1 aromatic carbocycles. The second-order valence-corrected chi connectivity index (χ2v) is 6.06. The van der Waals surface area contributed by atoms with Crippen LogP contribution in [0.25, 0.3) is 0 Å². The summed E-state index contributed by atoms with van der Waals surface area (Å²) in [5.41, 5.74) is -0.115. The molecule has 2 rings (SSSR count). The van der Waals surface area contributed by atoms with E-state index in [1.807, 2.05) is 0 Å². The molecule has 1 heterocycles. The van der Waals surface area contributed by atoms with E-state index in [0.717, 1.165) is 0 Å². The Kier molecular flexibility index (Phi) is 5.37. The SMILES string of the molecule is C#Cc1ccc(C(C)(C)NC(=O)[C@@H]2CN[C@H](CO)CO2)c(F)c1. The third-order valence-electron chi connectivity index (χ3n) is 3.85. The van der Waals surface area contributed by atoms with Crippen LogP contribution >= 0.6 is 0 Å². The molecule has 1 aliphatic rings. The lowest BCUT2D eigenvalue weighted by atomic mass is 9.92. The Labute approximate surface area is 135 Å². The van der Waals surface area contributed by atoms with Gasteiger partial charge in [0.2, 0.25) is 0 Å². The van der Waals surface area contributed by atoms with Crippen molar-refractivity contribution in [1.82, 2.24) is 10.6 Å². The number of nitrogens with one attached hydrogen (secondary N) is 2. The fourth-order valence-corrected chi connectivity index (χ4v) is 2.48. The maximum absolute atomic E-state index is 14.2. The van der Waals surface area contributed by atoms with E-state index in [-0.39, 0.29) is 25.2 Å². The van der Waals surface area contributed by atoms with Crippen molar-refractivity contribution in [2.45, 2.75) is 31.5 Å². The molecule has 124 valence electrons. The Morgan fingerprint density at radius 2 is 2.35 bits per heavy atom.